The van der Waals surface area contributed by atoms with Crippen molar-refractivity contribution < 1.29 is 22.8 Å². The summed E-state index contributed by atoms with van der Waals surface area (Å²) in [5, 5.41) is 0.778. The van der Waals surface area contributed by atoms with Crippen LogP contribution in [0.2, 0.25) is 0 Å². The quantitative estimate of drug-likeness (QED) is 0.236. The van der Waals surface area contributed by atoms with Gasteiger partial charge in [0.25, 0.3) is 10.0 Å². The van der Waals surface area contributed by atoms with Gasteiger partial charge in [-0.25, -0.2) is 8.42 Å². The molecule has 170 valence electrons. The van der Waals surface area contributed by atoms with Crippen molar-refractivity contribution in [2.45, 2.75) is 23.3 Å². The molecule has 4 aromatic rings. The van der Waals surface area contributed by atoms with Crippen molar-refractivity contribution in [1.29, 1.82) is 0 Å². The fourth-order valence-electron chi connectivity index (χ4n) is 3.28. The highest BCUT2D eigenvalue weighted by atomic mass is 32.2. The summed E-state index contributed by atoms with van der Waals surface area (Å²) in [4.78, 5) is 23.3. The smallest absolute Gasteiger partial charge is 0.343 e. The van der Waals surface area contributed by atoms with Gasteiger partial charge >= 0.3 is 7.60 Å². The third-order valence-corrected chi connectivity index (χ3v) is 9.28. The monoisotopic (exact) mass is 500 g/mol. The lowest BCUT2D eigenvalue weighted by Gasteiger charge is -2.19. The Morgan fingerprint density at radius 2 is 1.79 bits per heavy atom. The van der Waals surface area contributed by atoms with E-state index in [1.165, 1.54) is 6.07 Å². The zero-order valence-electron chi connectivity index (χ0n) is 17.5. The Hall–Kier alpha value is -2.70. The maximum Gasteiger partial charge on any atom is 0.343 e. The van der Waals surface area contributed by atoms with Crippen molar-refractivity contribution in [3.05, 3.63) is 88.4 Å². The van der Waals surface area contributed by atoms with Gasteiger partial charge in [0.15, 0.2) is 0 Å². The molecule has 0 saturated heterocycles. The first kappa shape index (κ1) is 23.5. The summed E-state index contributed by atoms with van der Waals surface area (Å²) in [6.07, 6.45) is 1.46. The summed E-state index contributed by atoms with van der Waals surface area (Å²) in [7, 11) is -8.96. The molecular formula is C23H21N2O5PS2. The fourth-order valence-corrected chi connectivity index (χ4v) is 6.93. The minimum Gasteiger partial charge on any atom is -0.361 e. The summed E-state index contributed by atoms with van der Waals surface area (Å²) >= 11 is 0.942. The highest BCUT2D eigenvalue weighted by molar-refractivity contribution is 7.92. The van der Waals surface area contributed by atoms with Gasteiger partial charge in [-0.3, -0.25) is 4.57 Å². The van der Waals surface area contributed by atoms with Crippen LogP contribution in [0.25, 0.3) is 10.9 Å². The van der Waals surface area contributed by atoms with Crippen molar-refractivity contribution in [3.8, 4) is 11.8 Å². The molecule has 0 aliphatic heterocycles. The molecule has 0 spiro atoms. The van der Waals surface area contributed by atoms with Gasteiger partial charge in [0.2, 0.25) is 0 Å². The van der Waals surface area contributed by atoms with Crippen LogP contribution in [0.1, 0.15) is 21.6 Å². The Labute approximate surface area is 195 Å². The molecule has 0 fully saturated rings. The van der Waals surface area contributed by atoms with Crippen LogP contribution in [0.5, 0.6) is 0 Å². The summed E-state index contributed by atoms with van der Waals surface area (Å²) in [6, 6.07) is 17.9. The molecule has 0 unspecified atom stereocenters. The number of hydrogen-bond acceptors (Lipinski definition) is 4. The second kappa shape index (κ2) is 9.27. The number of rotatable bonds is 6. The SMILES string of the molecule is Cc1ccc(C#Cc2ccc(S(=O)(=O)N[C@H](Cc3c[nH]c4ccccc34)P(=O)(O)O)s2)cc1. The van der Waals surface area contributed by atoms with Gasteiger partial charge in [-0.1, -0.05) is 47.7 Å². The van der Waals surface area contributed by atoms with E-state index >= 15 is 0 Å². The topological polar surface area (TPSA) is 119 Å². The average molecular weight is 501 g/mol. The summed E-state index contributed by atoms with van der Waals surface area (Å²) < 4.78 is 40.1. The maximum atomic E-state index is 12.9. The molecule has 4 rings (SSSR count). The van der Waals surface area contributed by atoms with Gasteiger partial charge < -0.3 is 14.8 Å². The second-order valence-corrected chi connectivity index (χ2v) is 12.4. The number of sulfonamides is 1. The van der Waals surface area contributed by atoms with E-state index in [0.29, 0.717) is 10.4 Å². The zero-order valence-corrected chi connectivity index (χ0v) is 20.0. The van der Waals surface area contributed by atoms with E-state index in [0.717, 1.165) is 33.4 Å². The number of aryl methyl sites for hydroxylation is 1. The molecule has 1 atom stereocenters. The van der Waals surface area contributed by atoms with Gasteiger partial charge in [-0.05, 0) is 42.8 Å². The number of thiophene rings is 1. The van der Waals surface area contributed by atoms with Crippen LogP contribution in [0.15, 0.2) is 71.1 Å². The molecule has 2 heterocycles. The molecule has 2 aromatic heterocycles. The van der Waals surface area contributed by atoms with Gasteiger partial charge in [0, 0.05) is 29.1 Å². The molecular weight excluding hydrogens is 479 g/mol. The highest BCUT2D eigenvalue weighted by Gasteiger charge is 2.34. The predicted octanol–water partition coefficient (Wildman–Crippen LogP) is 3.96. The minimum absolute atomic E-state index is 0.0620. The number of para-hydroxylation sites is 1. The van der Waals surface area contributed by atoms with Crippen LogP contribution in [-0.2, 0) is 21.0 Å². The fraction of sp³-hybridized carbons (Fsp3) is 0.130. The Kier molecular flexibility index (Phi) is 6.59. The number of benzene rings is 2. The van der Waals surface area contributed by atoms with Crippen LogP contribution in [0.3, 0.4) is 0 Å². The van der Waals surface area contributed by atoms with E-state index in [-0.39, 0.29) is 10.6 Å². The standard InChI is InChI=1S/C23H21N2O5PS2/c1-16-6-8-17(9-7-16)10-11-19-12-13-23(32-19)33(29,30)25-22(31(26,27)28)14-18-15-24-21-5-3-2-4-20(18)21/h2-9,12-13,15,22,24-25H,14H2,1H3,(H2,26,27,28)/t22-/m0/s1. The molecule has 10 heteroatoms. The molecule has 0 saturated carbocycles. The number of nitrogens with one attached hydrogen (secondary N) is 2. The molecule has 4 N–H and O–H groups in total. The predicted molar refractivity (Wildman–Crippen MR) is 130 cm³/mol. The molecule has 33 heavy (non-hydrogen) atoms. The number of aromatic nitrogens is 1. The number of aromatic amines is 1. The van der Waals surface area contributed by atoms with Crippen molar-refractivity contribution in [1.82, 2.24) is 9.71 Å². The van der Waals surface area contributed by atoms with Gasteiger partial charge in [-0.2, -0.15) is 4.72 Å². The molecule has 0 aliphatic rings. The van der Waals surface area contributed by atoms with Gasteiger partial charge in [0.05, 0.1) is 4.88 Å². The van der Waals surface area contributed by atoms with E-state index in [1.54, 1.807) is 18.3 Å². The molecule has 0 radical (unpaired) electrons. The maximum absolute atomic E-state index is 12.9. The lowest BCUT2D eigenvalue weighted by atomic mass is 10.1. The Morgan fingerprint density at radius 3 is 2.52 bits per heavy atom. The van der Waals surface area contributed by atoms with Crippen LogP contribution in [0.4, 0.5) is 0 Å². The molecule has 2 aromatic carbocycles. The first-order chi connectivity index (χ1) is 15.6. The lowest BCUT2D eigenvalue weighted by molar-refractivity contribution is 0.353. The Balaban J connectivity index is 1.56. The second-order valence-electron chi connectivity index (χ2n) is 7.52. The average Bonchev–Trinajstić information content (AvgIpc) is 3.40. The largest absolute Gasteiger partial charge is 0.361 e. The van der Waals surface area contributed by atoms with Crippen molar-refractivity contribution in [2.75, 3.05) is 0 Å². The summed E-state index contributed by atoms with van der Waals surface area (Å²) in [6.45, 7) is 1.98. The number of fused-ring (bicyclic) bond motifs is 1. The zero-order chi connectivity index (χ0) is 23.6. The first-order valence-electron chi connectivity index (χ1n) is 9.93. The third kappa shape index (κ3) is 5.63. The highest BCUT2D eigenvalue weighted by Crippen LogP contribution is 2.43. The van der Waals surface area contributed by atoms with E-state index in [2.05, 4.69) is 21.5 Å². The molecule has 0 aliphatic carbocycles. The Morgan fingerprint density at radius 1 is 1.06 bits per heavy atom. The van der Waals surface area contributed by atoms with E-state index < -0.39 is 23.4 Å². The van der Waals surface area contributed by atoms with Crippen LogP contribution in [-0.4, -0.2) is 29.0 Å². The first-order valence-corrected chi connectivity index (χ1v) is 13.9. The lowest BCUT2D eigenvalue weighted by Crippen LogP contribution is -2.36. The summed E-state index contributed by atoms with van der Waals surface area (Å²) in [5.41, 5.74) is 3.33. The summed E-state index contributed by atoms with van der Waals surface area (Å²) in [5.74, 6) is 4.31. The van der Waals surface area contributed by atoms with E-state index in [9.17, 15) is 22.8 Å². The van der Waals surface area contributed by atoms with E-state index in [4.69, 9.17) is 0 Å². The molecule has 7 nitrogen and oxygen atoms in total. The van der Waals surface area contributed by atoms with Gasteiger partial charge in [0.1, 0.15) is 9.99 Å². The van der Waals surface area contributed by atoms with Crippen molar-refractivity contribution >= 4 is 39.9 Å². The van der Waals surface area contributed by atoms with Crippen LogP contribution >= 0.6 is 18.9 Å². The van der Waals surface area contributed by atoms with Gasteiger partial charge in [-0.15, -0.1) is 11.3 Å². The van der Waals surface area contributed by atoms with E-state index in [1.807, 2.05) is 49.4 Å². The van der Waals surface area contributed by atoms with Crippen molar-refractivity contribution in [3.63, 3.8) is 0 Å². The molecule has 0 amide bonds. The third-order valence-electron chi connectivity index (χ3n) is 5.01. The normalized spacial score (nSPS) is 12.9. The number of hydrogen-bond donors (Lipinski definition) is 4. The number of H-pyrrole nitrogens is 1. The van der Waals surface area contributed by atoms with Crippen LogP contribution in [0, 0.1) is 18.8 Å². The Bertz CT molecular complexity index is 1510. The minimum atomic E-state index is -4.79. The molecule has 0 bridgehead atoms. The van der Waals surface area contributed by atoms with Crippen molar-refractivity contribution in [2.24, 2.45) is 0 Å². The van der Waals surface area contributed by atoms with Crippen LogP contribution < -0.4 is 4.72 Å².